The van der Waals surface area contributed by atoms with Gasteiger partial charge in [-0.15, -0.1) is 0 Å². The van der Waals surface area contributed by atoms with Crippen LogP contribution in [0, 0.1) is 13.8 Å². The highest BCUT2D eigenvalue weighted by atomic mass is 16.6. The fourth-order valence-electron chi connectivity index (χ4n) is 14.5. The van der Waals surface area contributed by atoms with Gasteiger partial charge in [-0.1, -0.05) is 135 Å². The molecule has 4 heterocycles. The van der Waals surface area contributed by atoms with Gasteiger partial charge in [-0.3, -0.25) is 0 Å². The van der Waals surface area contributed by atoms with Gasteiger partial charge in [0.05, 0.1) is 11.1 Å². The van der Waals surface area contributed by atoms with Crippen molar-refractivity contribution in [2.24, 2.45) is 0 Å². The zero-order chi connectivity index (χ0) is 62.1. The monoisotopic (exact) mass is 1190 g/mol. The predicted octanol–water partition coefficient (Wildman–Crippen LogP) is 18.5. The highest BCUT2D eigenvalue weighted by Gasteiger charge is 2.55. The van der Waals surface area contributed by atoms with Crippen molar-refractivity contribution in [2.75, 3.05) is 45.8 Å². The number of aryl methyl sites for hydroxylation is 2. The molecule has 10 nitrogen and oxygen atoms in total. The van der Waals surface area contributed by atoms with Gasteiger partial charge in [0.15, 0.2) is 11.2 Å². The molecule has 4 aliphatic rings. The highest BCUT2D eigenvalue weighted by molar-refractivity contribution is 5.98. The van der Waals surface area contributed by atoms with Gasteiger partial charge < -0.3 is 38.5 Å². The molecule has 0 fully saturated rings. The normalized spacial score (nSPS) is 16.9. The molecule has 0 radical (unpaired) electrons. The summed E-state index contributed by atoms with van der Waals surface area (Å²) in [5, 5.41) is 0. The van der Waals surface area contributed by atoms with Gasteiger partial charge in [0.2, 0.25) is 0 Å². The molecule has 10 heteroatoms. The number of esters is 2. The number of fused-ring (bicyclic) bond motifs is 12. The van der Waals surface area contributed by atoms with E-state index in [1.807, 2.05) is 48.5 Å². The first-order valence-corrected chi connectivity index (χ1v) is 31.8. The van der Waals surface area contributed by atoms with Crippen molar-refractivity contribution in [1.29, 1.82) is 0 Å². The summed E-state index contributed by atoms with van der Waals surface area (Å²) in [5.41, 5.74) is 15.9. The van der Waals surface area contributed by atoms with Crippen molar-refractivity contribution >= 4 is 46.1 Å². The van der Waals surface area contributed by atoms with Gasteiger partial charge in [-0.2, -0.15) is 0 Å². The SMILES string of the molecule is CCN(CC)c1ccc2c(c1)Oc1cc(C)c(N(Cc3ccccc3)c3ccc(C(C)(CC)c4ccc(N(Cc5ccccc5)c5cc6c(cc5C)Oc5cc(N(CC)CC)ccc5C65OC(=O)c6ccccc65)cc4)cc3)cc1C21OC(=O)c2ccccc21. The third-order valence-corrected chi connectivity index (χ3v) is 19.6. The topological polar surface area (TPSA) is 84.0 Å². The minimum absolute atomic E-state index is 0.357. The Morgan fingerprint density at radius 2 is 0.733 bits per heavy atom. The van der Waals surface area contributed by atoms with E-state index in [2.05, 4.69) is 245 Å². The smallest absolute Gasteiger partial charge is 0.340 e. The molecule has 0 aliphatic carbocycles. The van der Waals surface area contributed by atoms with Gasteiger partial charge in [0.25, 0.3) is 0 Å². The molecule has 10 aromatic carbocycles. The number of hydrogen-bond acceptors (Lipinski definition) is 10. The average molecular weight is 1190 g/mol. The lowest BCUT2D eigenvalue weighted by molar-refractivity contribution is 0.0214. The first kappa shape index (κ1) is 57.7. The van der Waals surface area contributed by atoms with Gasteiger partial charge in [-0.05, 0) is 166 Å². The molecule has 14 rings (SSSR count). The van der Waals surface area contributed by atoms with Crippen molar-refractivity contribution < 1.29 is 28.5 Å². The molecular weight excluding hydrogens is 1110 g/mol. The second kappa shape index (κ2) is 22.8. The second-order valence-corrected chi connectivity index (χ2v) is 24.3. The number of anilines is 6. The van der Waals surface area contributed by atoms with Gasteiger partial charge in [0.1, 0.15) is 23.0 Å². The quantitative estimate of drug-likeness (QED) is 0.0822. The molecule has 0 amide bonds. The number of nitrogens with zero attached hydrogens (tertiary/aromatic N) is 4. The maximum atomic E-state index is 14.1. The third kappa shape index (κ3) is 9.28. The molecule has 0 saturated carbocycles. The fourth-order valence-corrected chi connectivity index (χ4v) is 14.5. The van der Waals surface area contributed by atoms with Crippen LogP contribution in [0.4, 0.5) is 34.1 Å². The predicted molar refractivity (Wildman–Crippen MR) is 360 cm³/mol. The molecule has 2 spiro atoms. The Bertz CT molecular complexity index is 4130. The van der Waals surface area contributed by atoms with Crippen molar-refractivity contribution in [3.05, 3.63) is 296 Å². The highest BCUT2D eigenvalue weighted by Crippen LogP contribution is 2.60. The summed E-state index contributed by atoms with van der Waals surface area (Å²) in [4.78, 5) is 37.5. The van der Waals surface area contributed by atoms with E-state index < -0.39 is 11.2 Å². The van der Waals surface area contributed by atoms with Crippen molar-refractivity contribution in [2.45, 2.75) is 91.5 Å². The Hall–Kier alpha value is -10.1. The van der Waals surface area contributed by atoms with Crippen LogP contribution in [0.1, 0.15) is 135 Å². The Kier molecular flexibility index (Phi) is 14.6. The van der Waals surface area contributed by atoms with Crippen LogP contribution < -0.4 is 29.1 Å². The van der Waals surface area contributed by atoms with Crippen LogP contribution in [0.15, 0.2) is 218 Å². The van der Waals surface area contributed by atoms with Crippen LogP contribution in [0.5, 0.6) is 23.0 Å². The van der Waals surface area contributed by atoms with Crippen LogP contribution in [0.25, 0.3) is 0 Å². The maximum Gasteiger partial charge on any atom is 0.340 e. The minimum Gasteiger partial charge on any atom is -0.456 e. The fraction of sp³-hybridized carbons (Fsp3) is 0.225. The van der Waals surface area contributed by atoms with Gasteiger partial charge in [0, 0.05) is 124 Å². The molecule has 450 valence electrons. The lowest BCUT2D eigenvalue weighted by atomic mass is 9.74. The summed E-state index contributed by atoms with van der Waals surface area (Å²) in [6, 6.07) is 76.0. The average Bonchev–Trinajstić information content (AvgIpc) is 1.57. The van der Waals surface area contributed by atoms with Crippen molar-refractivity contribution in [1.82, 2.24) is 0 Å². The Balaban J connectivity index is 0.830. The van der Waals surface area contributed by atoms with E-state index in [0.717, 1.165) is 122 Å². The van der Waals surface area contributed by atoms with E-state index in [4.69, 9.17) is 18.9 Å². The van der Waals surface area contributed by atoms with Crippen LogP contribution in [0.3, 0.4) is 0 Å². The van der Waals surface area contributed by atoms with E-state index in [9.17, 15) is 9.59 Å². The van der Waals surface area contributed by atoms with Crippen LogP contribution in [-0.4, -0.2) is 38.1 Å². The molecule has 4 aliphatic heterocycles. The molecular formula is C80H74N4O6. The number of carbonyl (C=O) groups excluding carboxylic acids is 2. The molecule has 0 N–H and O–H groups in total. The standard InChI is InChI=1S/C80H74N4O6/c1-9-78(8,56-32-36-58(37-33-56)83(50-54-24-16-14-17-25-54)70-48-68-72(44-52(70)6)87-74-46-60(81(10-2)11-3)40-42-66(74)79(68)64-30-22-20-28-62(64)76(85)89-79)57-34-38-59(39-35-57)84(51-55-26-18-15-19-27-55)71-49-69-73(45-53(71)7)88-75-47-61(82(12-4)13-5)41-43-67(75)80(69)65-31-23-21-29-63(65)77(86)90-80/h14-49H,9-13,50-51H2,1-8H3. The number of rotatable bonds is 17. The zero-order valence-corrected chi connectivity index (χ0v) is 52.5. The van der Waals surface area contributed by atoms with Crippen LogP contribution >= 0.6 is 0 Å². The van der Waals surface area contributed by atoms with E-state index in [1.54, 1.807) is 0 Å². The van der Waals surface area contributed by atoms with Crippen molar-refractivity contribution in [3.63, 3.8) is 0 Å². The van der Waals surface area contributed by atoms with Gasteiger partial charge >= 0.3 is 11.9 Å². The van der Waals surface area contributed by atoms with E-state index >= 15 is 0 Å². The number of ether oxygens (including phenoxy) is 4. The molecule has 0 saturated heterocycles. The molecule has 2 atom stereocenters. The summed E-state index contributed by atoms with van der Waals surface area (Å²) in [6.45, 7) is 22.0. The van der Waals surface area contributed by atoms with E-state index in [0.29, 0.717) is 47.2 Å². The Morgan fingerprint density at radius 3 is 1.11 bits per heavy atom. The molecule has 0 aromatic heterocycles. The first-order valence-electron chi connectivity index (χ1n) is 31.8. The minimum atomic E-state index is -1.24. The summed E-state index contributed by atoms with van der Waals surface area (Å²) in [5.74, 6) is 1.95. The van der Waals surface area contributed by atoms with Crippen LogP contribution in [-0.2, 0) is 39.2 Å². The van der Waals surface area contributed by atoms with Crippen LogP contribution in [0.2, 0.25) is 0 Å². The van der Waals surface area contributed by atoms with Crippen molar-refractivity contribution in [3.8, 4) is 23.0 Å². The van der Waals surface area contributed by atoms with Gasteiger partial charge in [-0.25, -0.2) is 9.59 Å². The maximum absolute atomic E-state index is 14.1. The lowest BCUT2D eigenvalue weighted by Crippen LogP contribution is -2.34. The zero-order valence-electron chi connectivity index (χ0n) is 52.5. The first-order chi connectivity index (χ1) is 43.8. The molecule has 0 bridgehead atoms. The van der Waals surface area contributed by atoms with E-state index in [1.165, 1.54) is 11.1 Å². The largest absolute Gasteiger partial charge is 0.456 e. The number of hydrogen-bond donors (Lipinski definition) is 0. The Labute approximate surface area is 528 Å². The van der Waals surface area contributed by atoms with E-state index in [-0.39, 0.29) is 17.4 Å². The number of carbonyl (C=O) groups is 2. The summed E-state index contributed by atoms with van der Waals surface area (Å²) in [7, 11) is 0. The Morgan fingerprint density at radius 1 is 0.378 bits per heavy atom. The third-order valence-electron chi connectivity index (χ3n) is 19.6. The molecule has 90 heavy (non-hydrogen) atoms. The second-order valence-electron chi connectivity index (χ2n) is 24.3. The summed E-state index contributed by atoms with van der Waals surface area (Å²) < 4.78 is 27.4. The summed E-state index contributed by atoms with van der Waals surface area (Å²) >= 11 is 0. The summed E-state index contributed by atoms with van der Waals surface area (Å²) in [6.07, 6.45) is 0.849. The lowest BCUT2D eigenvalue weighted by Gasteiger charge is -2.39. The number of benzene rings is 10. The molecule has 10 aromatic rings. The molecule has 2 unspecified atom stereocenters.